The first-order chi connectivity index (χ1) is 8.18. The summed E-state index contributed by atoms with van der Waals surface area (Å²) in [5, 5.41) is 11.9. The Labute approximate surface area is 103 Å². The molecule has 6 heteroatoms. The number of nitrogens with zero attached hydrogens (tertiary/aromatic N) is 1. The van der Waals surface area contributed by atoms with Gasteiger partial charge in [-0.05, 0) is 12.8 Å². The van der Waals surface area contributed by atoms with Gasteiger partial charge in [-0.15, -0.1) is 11.3 Å². The van der Waals surface area contributed by atoms with Crippen molar-refractivity contribution in [2.75, 3.05) is 0 Å². The predicted octanol–water partition coefficient (Wildman–Crippen LogP) is 1.52. The number of carbonyl (C=O) groups is 2. The molecule has 2 atom stereocenters. The van der Waals surface area contributed by atoms with Gasteiger partial charge in [0.25, 0.3) is 5.91 Å². The Morgan fingerprint density at radius 1 is 1.41 bits per heavy atom. The van der Waals surface area contributed by atoms with Crippen LogP contribution in [0.25, 0.3) is 0 Å². The Kier molecular flexibility index (Phi) is 3.73. The van der Waals surface area contributed by atoms with Crippen LogP contribution in [0.5, 0.6) is 0 Å². The standard InChI is InChI=1S/C11H14N2O3S/c14-10(9-5-12-6-17-9)13-8-4-2-1-3-7(8)11(15)16/h5-8H,1-4H2,(H,13,14)(H,15,16). The van der Waals surface area contributed by atoms with Crippen LogP contribution in [-0.2, 0) is 4.79 Å². The van der Waals surface area contributed by atoms with Crippen LogP contribution in [-0.4, -0.2) is 28.0 Å². The van der Waals surface area contributed by atoms with Gasteiger partial charge in [-0.2, -0.15) is 0 Å². The van der Waals surface area contributed by atoms with Crippen molar-refractivity contribution in [2.45, 2.75) is 31.7 Å². The Hall–Kier alpha value is -1.43. The van der Waals surface area contributed by atoms with E-state index in [0.717, 1.165) is 19.3 Å². The fourth-order valence-electron chi connectivity index (χ4n) is 2.17. The normalized spacial score (nSPS) is 24.2. The van der Waals surface area contributed by atoms with Crippen molar-refractivity contribution in [1.82, 2.24) is 10.3 Å². The molecule has 1 amide bonds. The molecule has 0 aliphatic heterocycles. The number of aromatic nitrogens is 1. The Morgan fingerprint density at radius 2 is 2.18 bits per heavy atom. The highest BCUT2D eigenvalue weighted by molar-refractivity contribution is 7.11. The van der Waals surface area contributed by atoms with Gasteiger partial charge in [0.15, 0.2) is 0 Å². The molecule has 1 aromatic rings. The van der Waals surface area contributed by atoms with Gasteiger partial charge in [-0.3, -0.25) is 14.6 Å². The highest BCUT2D eigenvalue weighted by Gasteiger charge is 2.32. The molecule has 0 saturated heterocycles. The molecule has 1 aliphatic carbocycles. The first-order valence-corrected chi connectivity index (χ1v) is 6.48. The first kappa shape index (κ1) is 12.0. The van der Waals surface area contributed by atoms with E-state index in [-0.39, 0.29) is 11.9 Å². The maximum absolute atomic E-state index is 11.8. The van der Waals surface area contributed by atoms with Crippen LogP contribution >= 0.6 is 11.3 Å². The summed E-state index contributed by atoms with van der Waals surface area (Å²) in [6.45, 7) is 0. The van der Waals surface area contributed by atoms with E-state index in [1.807, 2.05) is 0 Å². The second kappa shape index (κ2) is 5.27. The van der Waals surface area contributed by atoms with Crippen LogP contribution in [0.1, 0.15) is 35.4 Å². The molecule has 0 spiro atoms. The molecule has 5 nitrogen and oxygen atoms in total. The number of nitrogens with one attached hydrogen (secondary N) is 1. The van der Waals surface area contributed by atoms with Gasteiger partial charge in [0.2, 0.25) is 0 Å². The number of hydrogen-bond donors (Lipinski definition) is 2. The van der Waals surface area contributed by atoms with Crippen LogP contribution in [0.4, 0.5) is 0 Å². The third-order valence-electron chi connectivity index (χ3n) is 3.06. The number of rotatable bonds is 3. The maximum atomic E-state index is 11.8. The number of hydrogen-bond acceptors (Lipinski definition) is 4. The van der Waals surface area contributed by atoms with E-state index < -0.39 is 11.9 Å². The van der Waals surface area contributed by atoms with Crippen LogP contribution in [0.15, 0.2) is 11.7 Å². The molecule has 2 unspecified atom stereocenters. The number of aliphatic carboxylic acids is 1. The summed E-state index contributed by atoms with van der Waals surface area (Å²) >= 11 is 1.26. The molecule has 1 saturated carbocycles. The third-order valence-corrected chi connectivity index (χ3v) is 3.83. The topological polar surface area (TPSA) is 79.3 Å². The highest BCUT2D eigenvalue weighted by atomic mass is 32.1. The van der Waals surface area contributed by atoms with E-state index in [1.54, 1.807) is 5.51 Å². The summed E-state index contributed by atoms with van der Waals surface area (Å²) in [6, 6.07) is -0.254. The number of carboxylic acid groups (broad SMARTS) is 1. The van der Waals surface area contributed by atoms with Crippen LogP contribution in [0, 0.1) is 5.92 Å². The Balaban J connectivity index is 2.01. The molecule has 1 fully saturated rings. The molecule has 2 N–H and O–H groups in total. The van der Waals surface area contributed by atoms with Gasteiger partial charge in [-0.1, -0.05) is 12.8 Å². The second-order valence-electron chi connectivity index (χ2n) is 4.17. The Morgan fingerprint density at radius 3 is 2.82 bits per heavy atom. The van der Waals surface area contributed by atoms with Crippen molar-refractivity contribution in [3.8, 4) is 0 Å². The number of carboxylic acids is 1. The van der Waals surface area contributed by atoms with E-state index in [9.17, 15) is 9.59 Å². The minimum absolute atomic E-state index is 0.217. The molecule has 17 heavy (non-hydrogen) atoms. The van der Waals surface area contributed by atoms with Crippen LogP contribution in [0.2, 0.25) is 0 Å². The smallest absolute Gasteiger partial charge is 0.308 e. The summed E-state index contributed by atoms with van der Waals surface area (Å²) in [7, 11) is 0. The first-order valence-electron chi connectivity index (χ1n) is 5.60. The fourth-order valence-corrected chi connectivity index (χ4v) is 2.69. The lowest BCUT2D eigenvalue weighted by molar-refractivity contribution is -0.143. The molecule has 1 heterocycles. The van der Waals surface area contributed by atoms with Crippen molar-refractivity contribution in [3.63, 3.8) is 0 Å². The number of amides is 1. The second-order valence-corrected chi connectivity index (χ2v) is 5.06. The molecule has 0 radical (unpaired) electrons. The SMILES string of the molecule is O=C(NC1CCCCC1C(=O)O)c1cncs1. The van der Waals surface area contributed by atoms with Crippen molar-refractivity contribution < 1.29 is 14.7 Å². The number of thiazole rings is 1. The van der Waals surface area contributed by atoms with E-state index in [0.29, 0.717) is 11.3 Å². The average Bonchev–Trinajstić information content (AvgIpc) is 2.83. The van der Waals surface area contributed by atoms with E-state index in [1.165, 1.54) is 17.5 Å². The van der Waals surface area contributed by atoms with Crippen molar-refractivity contribution >= 4 is 23.2 Å². The zero-order valence-electron chi connectivity index (χ0n) is 9.26. The minimum Gasteiger partial charge on any atom is -0.481 e. The van der Waals surface area contributed by atoms with Crippen molar-refractivity contribution in [1.29, 1.82) is 0 Å². The lowest BCUT2D eigenvalue weighted by Crippen LogP contribution is -2.44. The minimum atomic E-state index is -0.820. The molecule has 92 valence electrons. The molecule has 0 bridgehead atoms. The van der Waals surface area contributed by atoms with Gasteiger partial charge in [0.1, 0.15) is 4.88 Å². The predicted molar refractivity (Wildman–Crippen MR) is 63.0 cm³/mol. The average molecular weight is 254 g/mol. The van der Waals surface area contributed by atoms with E-state index in [4.69, 9.17) is 5.11 Å². The molecule has 0 aromatic carbocycles. The third kappa shape index (κ3) is 2.82. The van der Waals surface area contributed by atoms with Crippen molar-refractivity contribution in [3.05, 3.63) is 16.6 Å². The zero-order chi connectivity index (χ0) is 12.3. The monoisotopic (exact) mass is 254 g/mol. The maximum Gasteiger partial charge on any atom is 0.308 e. The lowest BCUT2D eigenvalue weighted by Gasteiger charge is -2.28. The van der Waals surface area contributed by atoms with Crippen molar-refractivity contribution in [2.24, 2.45) is 5.92 Å². The van der Waals surface area contributed by atoms with E-state index >= 15 is 0 Å². The largest absolute Gasteiger partial charge is 0.481 e. The zero-order valence-corrected chi connectivity index (χ0v) is 10.1. The summed E-state index contributed by atoms with van der Waals surface area (Å²) in [5.74, 6) is -1.49. The van der Waals surface area contributed by atoms with Gasteiger partial charge in [0, 0.05) is 6.04 Å². The molecule has 2 rings (SSSR count). The van der Waals surface area contributed by atoms with Gasteiger partial charge in [0.05, 0.1) is 17.6 Å². The van der Waals surface area contributed by atoms with Crippen LogP contribution < -0.4 is 5.32 Å². The molecule has 1 aliphatic rings. The highest BCUT2D eigenvalue weighted by Crippen LogP contribution is 2.25. The number of carbonyl (C=O) groups excluding carboxylic acids is 1. The molecular weight excluding hydrogens is 240 g/mol. The van der Waals surface area contributed by atoms with E-state index in [2.05, 4.69) is 10.3 Å². The van der Waals surface area contributed by atoms with Gasteiger partial charge >= 0.3 is 5.97 Å². The van der Waals surface area contributed by atoms with Gasteiger partial charge in [-0.25, -0.2) is 0 Å². The van der Waals surface area contributed by atoms with Gasteiger partial charge < -0.3 is 10.4 Å². The lowest BCUT2D eigenvalue weighted by atomic mass is 9.84. The summed E-state index contributed by atoms with van der Waals surface area (Å²) in [6.07, 6.45) is 4.77. The summed E-state index contributed by atoms with van der Waals surface area (Å²) < 4.78 is 0. The summed E-state index contributed by atoms with van der Waals surface area (Å²) in [5.41, 5.74) is 1.59. The van der Waals surface area contributed by atoms with Crippen LogP contribution in [0.3, 0.4) is 0 Å². The molecule has 1 aromatic heterocycles. The fraction of sp³-hybridized carbons (Fsp3) is 0.545. The Bertz CT molecular complexity index is 405. The quantitative estimate of drug-likeness (QED) is 0.857. The molecular formula is C11H14N2O3S. The summed E-state index contributed by atoms with van der Waals surface area (Å²) in [4.78, 5) is 27.2.